The zero-order valence-electron chi connectivity index (χ0n) is 21.4. The standard InChI is InChI=1S/C29H25FN6O3/c1-17-12-21(18-6-4-3-5-7-18)25(34(17)2)27(38)28(39)33-20-8-9-23-22(13-20)26(37)24-16-35(10-11-36(23)24)29-31-14-19(30)15-32-29/h3-9,12-15,24H,10-11,16H2,1-2H3,(H,33,39)/t24-/m0/s1. The van der Waals surface area contributed by atoms with Gasteiger partial charge in [-0.25, -0.2) is 14.4 Å². The summed E-state index contributed by atoms with van der Waals surface area (Å²) in [5, 5.41) is 2.69. The van der Waals surface area contributed by atoms with Gasteiger partial charge in [0, 0.05) is 54.9 Å². The summed E-state index contributed by atoms with van der Waals surface area (Å²) in [6.45, 7) is 3.37. The number of fused-ring (bicyclic) bond motifs is 3. The number of hydrogen-bond donors (Lipinski definition) is 1. The van der Waals surface area contributed by atoms with Crippen LogP contribution < -0.4 is 15.1 Å². The molecule has 6 rings (SSSR count). The number of ketones is 2. The van der Waals surface area contributed by atoms with Crippen molar-refractivity contribution in [1.29, 1.82) is 0 Å². The van der Waals surface area contributed by atoms with Gasteiger partial charge in [0.1, 0.15) is 11.7 Å². The summed E-state index contributed by atoms with van der Waals surface area (Å²) in [6, 6.07) is 16.0. The first-order valence-corrected chi connectivity index (χ1v) is 12.6. The van der Waals surface area contributed by atoms with E-state index in [1.165, 1.54) is 0 Å². The molecule has 4 heterocycles. The van der Waals surface area contributed by atoms with Crippen LogP contribution in [0.5, 0.6) is 0 Å². The van der Waals surface area contributed by atoms with E-state index in [0.717, 1.165) is 29.3 Å². The normalized spacial score (nSPS) is 16.2. The molecular formula is C29H25FN6O3. The van der Waals surface area contributed by atoms with Crippen molar-refractivity contribution in [2.75, 3.05) is 34.8 Å². The molecule has 0 radical (unpaired) electrons. The number of hydrogen-bond acceptors (Lipinski definition) is 7. The van der Waals surface area contributed by atoms with Crippen LogP contribution in [-0.4, -0.2) is 57.7 Å². The number of aromatic nitrogens is 3. The van der Waals surface area contributed by atoms with E-state index in [4.69, 9.17) is 0 Å². The van der Waals surface area contributed by atoms with E-state index in [0.29, 0.717) is 48.1 Å². The number of carbonyl (C=O) groups is 3. The second-order valence-corrected chi connectivity index (χ2v) is 9.71. The molecule has 39 heavy (non-hydrogen) atoms. The number of rotatable bonds is 5. The van der Waals surface area contributed by atoms with Crippen LogP contribution >= 0.6 is 0 Å². The first kappa shape index (κ1) is 24.5. The molecule has 10 heteroatoms. The van der Waals surface area contributed by atoms with Crippen LogP contribution in [0.3, 0.4) is 0 Å². The van der Waals surface area contributed by atoms with Gasteiger partial charge in [0.2, 0.25) is 5.95 Å². The highest BCUT2D eigenvalue weighted by Gasteiger charge is 2.41. The van der Waals surface area contributed by atoms with Crippen LogP contribution in [0.2, 0.25) is 0 Å². The lowest BCUT2D eigenvalue weighted by atomic mass is 10.0. The minimum atomic E-state index is -0.781. The minimum Gasteiger partial charge on any atom is -0.357 e. The number of anilines is 3. The zero-order chi connectivity index (χ0) is 27.3. The topological polar surface area (TPSA) is 100 Å². The Bertz CT molecular complexity index is 1620. The van der Waals surface area contributed by atoms with Gasteiger partial charge in [-0.2, -0.15) is 0 Å². The van der Waals surface area contributed by atoms with E-state index < -0.39 is 23.5 Å². The Kier molecular flexibility index (Phi) is 5.94. The highest BCUT2D eigenvalue weighted by molar-refractivity contribution is 6.47. The molecule has 0 unspecified atom stereocenters. The predicted molar refractivity (Wildman–Crippen MR) is 145 cm³/mol. The van der Waals surface area contributed by atoms with Crippen molar-refractivity contribution >= 4 is 34.8 Å². The Hall–Kier alpha value is -4.86. The third-order valence-electron chi connectivity index (χ3n) is 7.38. The van der Waals surface area contributed by atoms with Crippen LogP contribution in [-0.2, 0) is 11.8 Å². The van der Waals surface area contributed by atoms with E-state index in [1.54, 1.807) is 29.8 Å². The van der Waals surface area contributed by atoms with Gasteiger partial charge >= 0.3 is 0 Å². The maximum absolute atomic E-state index is 13.4. The fraction of sp³-hybridized carbons (Fsp3) is 0.207. The molecule has 0 spiro atoms. The van der Waals surface area contributed by atoms with E-state index in [9.17, 15) is 18.8 Å². The quantitative estimate of drug-likeness (QED) is 0.314. The molecule has 1 atom stereocenters. The summed E-state index contributed by atoms with van der Waals surface area (Å²) in [5.41, 5.74) is 4.30. The van der Waals surface area contributed by atoms with Gasteiger partial charge in [0.15, 0.2) is 11.6 Å². The summed E-state index contributed by atoms with van der Waals surface area (Å²) in [5.74, 6) is -1.69. The summed E-state index contributed by atoms with van der Waals surface area (Å²) < 4.78 is 15.0. The number of piperazine rings is 1. The van der Waals surface area contributed by atoms with Gasteiger partial charge in [-0.3, -0.25) is 14.4 Å². The van der Waals surface area contributed by atoms with Crippen LogP contribution in [0.25, 0.3) is 11.1 Å². The predicted octanol–water partition coefficient (Wildman–Crippen LogP) is 3.64. The number of amides is 1. The summed E-state index contributed by atoms with van der Waals surface area (Å²) in [6.07, 6.45) is 2.21. The molecule has 0 saturated carbocycles. The molecule has 2 aromatic heterocycles. The van der Waals surface area contributed by atoms with Gasteiger partial charge in [0.25, 0.3) is 11.7 Å². The number of aryl methyl sites for hydroxylation is 1. The molecule has 0 aliphatic carbocycles. The maximum atomic E-state index is 13.4. The first-order valence-electron chi connectivity index (χ1n) is 12.6. The zero-order valence-corrected chi connectivity index (χ0v) is 21.4. The average Bonchev–Trinajstić information content (AvgIpc) is 3.41. The molecule has 2 aliphatic heterocycles. The molecule has 1 amide bonds. The Morgan fingerprint density at radius 1 is 1.00 bits per heavy atom. The van der Waals surface area contributed by atoms with Gasteiger partial charge in [-0.05, 0) is 36.8 Å². The largest absolute Gasteiger partial charge is 0.357 e. The first-order chi connectivity index (χ1) is 18.8. The Balaban J connectivity index is 1.22. The fourth-order valence-electron chi connectivity index (χ4n) is 5.33. The van der Waals surface area contributed by atoms with Crippen LogP contribution in [0.1, 0.15) is 26.5 Å². The Morgan fingerprint density at radius 2 is 1.74 bits per heavy atom. The van der Waals surface area contributed by atoms with Crippen LogP contribution in [0.4, 0.5) is 21.7 Å². The SMILES string of the molecule is Cc1cc(-c2ccccc2)c(C(=O)C(=O)Nc2ccc3c(c2)C(=O)[C@@H]2CN(c4ncc(F)cn4)CCN32)n1C. The molecule has 196 valence electrons. The second kappa shape index (κ2) is 9.46. The van der Waals surface area contributed by atoms with Crippen molar-refractivity contribution in [2.45, 2.75) is 13.0 Å². The highest BCUT2D eigenvalue weighted by Crippen LogP contribution is 2.36. The monoisotopic (exact) mass is 524 g/mol. The number of benzene rings is 2. The molecule has 4 aromatic rings. The van der Waals surface area contributed by atoms with Crippen molar-refractivity contribution < 1.29 is 18.8 Å². The van der Waals surface area contributed by atoms with E-state index in [2.05, 4.69) is 15.3 Å². The van der Waals surface area contributed by atoms with E-state index >= 15 is 0 Å². The Morgan fingerprint density at radius 3 is 2.49 bits per heavy atom. The number of nitrogens with zero attached hydrogens (tertiary/aromatic N) is 5. The summed E-state index contributed by atoms with van der Waals surface area (Å²) in [4.78, 5) is 51.7. The highest BCUT2D eigenvalue weighted by atomic mass is 19.1. The molecule has 1 N–H and O–H groups in total. The third kappa shape index (κ3) is 4.23. The van der Waals surface area contributed by atoms with Crippen molar-refractivity contribution in [1.82, 2.24) is 14.5 Å². The molecule has 1 fully saturated rings. The Labute approximate surface area is 223 Å². The van der Waals surface area contributed by atoms with Gasteiger partial charge in [-0.1, -0.05) is 30.3 Å². The third-order valence-corrected chi connectivity index (χ3v) is 7.38. The van der Waals surface area contributed by atoms with Crippen molar-refractivity contribution in [2.24, 2.45) is 7.05 Å². The van der Waals surface area contributed by atoms with Gasteiger partial charge < -0.3 is 19.7 Å². The minimum absolute atomic E-state index is 0.0938. The van der Waals surface area contributed by atoms with Crippen LogP contribution in [0, 0.1) is 12.7 Å². The van der Waals surface area contributed by atoms with E-state index in [1.807, 2.05) is 53.1 Å². The summed E-state index contributed by atoms with van der Waals surface area (Å²) >= 11 is 0. The number of halogens is 1. The van der Waals surface area contributed by atoms with Gasteiger partial charge in [-0.15, -0.1) is 0 Å². The molecule has 1 saturated heterocycles. The average molecular weight is 525 g/mol. The second-order valence-electron chi connectivity index (χ2n) is 9.71. The van der Waals surface area contributed by atoms with Crippen LogP contribution in [0.15, 0.2) is 67.0 Å². The van der Waals surface area contributed by atoms with Crippen molar-refractivity contribution in [3.63, 3.8) is 0 Å². The summed E-state index contributed by atoms with van der Waals surface area (Å²) in [7, 11) is 1.76. The molecular weight excluding hydrogens is 499 g/mol. The number of nitrogens with one attached hydrogen (secondary N) is 1. The van der Waals surface area contributed by atoms with E-state index in [-0.39, 0.29) is 5.78 Å². The number of carbonyl (C=O) groups excluding carboxylic acids is 3. The lowest BCUT2D eigenvalue weighted by molar-refractivity contribution is -0.112. The van der Waals surface area contributed by atoms with Gasteiger partial charge in [0.05, 0.1) is 12.4 Å². The lowest BCUT2D eigenvalue weighted by Crippen LogP contribution is -2.54. The maximum Gasteiger partial charge on any atom is 0.298 e. The smallest absolute Gasteiger partial charge is 0.298 e. The molecule has 2 aromatic carbocycles. The fourth-order valence-corrected chi connectivity index (χ4v) is 5.33. The molecule has 9 nitrogen and oxygen atoms in total. The van der Waals surface area contributed by atoms with Crippen molar-refractivity contribution in [3.05, 3.63) is 89.8 Å². The van der Waals surface area contributed by atoms with Crippen molar-refractivity contribution in [3.8, 4) is 11.1 Å². The molecule has 2 aliphatic rings. The number of Topliss-reactive ketones (excluding diaryl/α,β-unsaturated/α-hetero) is 2. The lowest BCUT2D eigenvalue weighted by Gasteiger charge is -2.38. The molecule has 0 bridgehead atoms.